The fourth-order valence-corrected chi connectivity index (χ4v) is 1.68. The Bertz CT molecular complexity index is 106. The summed E-state index contributed by atoms with van der Waals surface area (Å²) in [5.41, 5.74) is 0.421. The van der Waals surface area contributed by atoms with Crippen LogP contribution in [0.5, 0.6) is 0 Å². The normalized spacial score (nSPS) is 24.3. The van der Waals surface area contributed by atoms with Crippen LogP contribution in [0.25, 0.3) is 0 Å². The summed E-state index contributed by atoms with van der Waals surface area (Å²) in [5, 5.41) is 3.53. The first-order valence-corrected chi connectivity index (χ1v) is 4.10. The Balaban J connectivity index is 2.15. The van der Waals surface area contributed by atoms with Crippen molar-refractivity contribution >= 4 is 0 Å². The zero-order valence-corrected chi connectivity index (χ0v) is 7.28. The predicted molar refractivity (Wildman–Crippen MR) is 44.2 cm³/mol. The van der Waals surface area contributed by atoms with Crippen LogP contribution in [0.1, 0.15) is 20.3 Å². The predicted octanol–water partition coefficient (Wildman–Crippen LogP) is 0.690. The van der Waals surface area contributed by atoms with E-state index in [1.165, 1.54) is 19.5 Å². The second-order valence-electron chi connectivity index (χ2n) is 3.66. The molecule has 1 heterocycles. The van der Waals surface area contributed by atoms with Gasteiger partial charge in [-0.15, -0.1) is 0 Å². The molecule has 0 spiro atoms. The highest BCUT2D eigenvalue weighted by Crippen LogP contribution is 2.17. The average molecular weight is 142 g/mol. The summed E-state index contributed by atoms with van der Waals surface area (Å²) in [6.07, 6.45) is 1.24. The third-order valence-electron chi connectivity index (χ3n) is 2.04. The fourth-order valence-electron chi connectivity index (χ4n) is 1.68. The van der Waals surface area contributed by atoms with Crippen LogP contribution in [0.3, 0.4) is 0 Å². The van der Waals surface area contributed by atoms with E-state index in [-0.39, 0.29) is 0 Å². The van der Waals surface area contributed by atoms with E-state index in [4.69, 9.17) is 0 Å². The molecule has 0 radical (unpaired) electrons. The van der Waals surface area contributed by atoms with E-state index in [2.05, 4.69) is 31.1 Å². The summed E-state index contributed by atoms with van der Waals surface area (Å²) in [5.74, 6) is 0. The van der Waals surface area contributed by atoms with Crippen molar-refractivity contribution in [3.63, 3.8) is 0 Å². The SMILES string of the molecule is CCCNC1(C)CN(C)C1. The molecule has 0 aliphatic carbocycles. The molecule has 0 amide bonds. The van der Waals surface area contributed by atoms with Gasteiger partial charge in [0, 0.05) is 18.6 Å². The molecule has 0 atom stereocenters. The minimum Gasteiger partial charge on any atom is -0.309 e. The number of nitrogens with zero attached hydrogens (tertiary/aromatic N) is 1. The molecule has 0 unspecified atom stereocenters. The van der Waals surface area contributed by atoms with Gasteiger partial charge in [0.1, 0.15) is 0 Å². The molecule has 1 N–H and O–H groups in total. The zero-order chi connectivity index (χ0) is 7.61. The Kier molecular flexibility index (Phi) is 2.32. The lowest BCUT2D eigenvalue weighted by molar-refractivity contribution is 0.0811. The van der Waals surface area contributed by atoms with Crippen LogP contribution in [-0.2, 0) is 0 Å². The molecule has 1 rings (SSSR count). The molecule has 2 heteroatoms. The highest BCUT2D eigenvalue weighted by molar-refractivity contribution is 4.97. The third kappa shape index (κ3) is 1.70. The van der Waals surface area contributed by atoms with E-state index < -0.39 is 0 Å². The lowest BCUT2D eigenvalue weighted by Gasteiger charge is -2.46. The smallest absolute Gasteiger partial charge is 0.0408 e. The van der Waals surface area contributed by atoms with E-state index in [9.17, 15) is 0 Å². The molecule has 0 bridgehead atoms. The van der Waals surface area contributed by atoms with Crippen LogP contribution in [0.4, 0.5) is 0 Å². The second-order valence-corrected chi connectivity index (χ2v) is 3.66. The Morgan fingerprint density at radius 2 is 2.10 bits per heavy atom. The summed E-state index contributed by atoms with van der Waals surface area (Å²) in [7, 11) is 2.16. The van der Waals surface area contributed by atoms with Crippen LogP contribution >= 0.6 is 0 Å². The van der Waals surface area contributed by atoms with Crippen LogP contribution in [0.2, 0.25) is 0 Å². The van der Waals surface area contributed by atoms with Gasteiger partial charge in [-0.1, -0.05) is 6.92 Å². The summed E-state index contributed by atoms with van der Waals surface area (Å²) >= 11 is 0. The first kappa shape index (κ1) is 8.02. The van der Waals surface area contributed by atoms with Crippen molar-refractivity contribution < 1.29 is 0 Å². The Morgan fingerprint density at radius 3 is 2.50 bits per heavy atom. The average Bonchev–Trinajstić information content (AvgIpc) is 1.81. The molecular formula is C8H18N2. The van der Waals surface area contributed by atoms with Gasteiger partial charge >= 0.3 is 0 Å². The highest BCUT2D eigenvalue weighted by atomic mass is 15.3. The summed E-state index contributed by atoms with van der Waals surface area (Å²) in [4.78, 5) is 2.34. The van der Waals surface area contributed by atoms with Gasteiger partial charge in [-0.2, -0.15) is 0 Å². The number of likely N-dealkylation sites (N-methyl/N-ethyl adjacent to an activating group) is 1. The first-order chi connectivity index (χ1) is 4.66. The molecule has 0 saturated carbocycles. The number of hydrogen-bond donors (Lipinski definition) is 1. The molecule has 1 aliphatic heterocycles. The van der Waals surface area contributed by atoms with Crippen LogP contribution in [0, 0.1) is 0 Å². The Hall–Kier alpha value is -0.0800. The first-order valence-electron chi connectivity index (χ1n) is 4.10. The summed E-state index contributed by atoms with van der Waals surface area (Å²) in [6, 6.07) is 0. The van der Waals surface area contributed by atoms with Crippen molar-refractivity contribution in [1.82, 2.24) is 10.2 Å². The molecule has 1 fully saturated rings. The maximum absolute atomic E-state index is 3.53. The molecule has 0 aromatic rings. The van der Waals surface area contributed by atoms with Crippen molar-refractivity contribution in [3.8, 4) is 0 Å². The van der Waals surface area contributed by atoms with Crippen LogP contribution < -0.4 is 5.32 Å². The molecule has 10 heavy (non-hydrogen) atoms. The molecule has 1 saturated heterocycles. The molecule has 2 nitrogen and oxygen atoms in total. The lowest BCUT2D eigenvalue weighted by Crippen LogP contribution is -2.66. The molecule has 1 aliphatic rings. The largest absolute Gasteiger partial charge is 0.309 e. The quantitative estimate of drug-likeness (QED) is 0.623. The molecular weight excluding hydrogens is 124 g/mol. The van der Waals surface area contributed by atoms with Crippen LogP contribution in [-0.4, -0.2) is 37.1 Å². The van der Waals surface area contributed by atoms with Crippen molar-refractivity contribution in [1.29, 1.82) is 0 Å². The summed E-state index contributed by atoms with van der Waals surface area (Å²) in [6.45, 7) is 8.06. The number of nitrogens with one attached hydrogen (secondary N) is 1. The van der Waals surface area contributed by atoms with Gasteiger partial charge in [0.25, 0.3) is 0 Å². The zero-order valence-electron chi connectivity index (χ0n) is 7.28. The van der Waals surface area contributed by atoms with Gasteiger partial charge in [0.05, 0.1) is 0 Å². The minimum atomic E-state index is 0.421. The molecule has 0 aromatic carbocycles. The monoisotopic (exact) mass is 142 g/mol. The van der Waals surface area contributed by atoms with Gasteiger partial charge < -0.3 is 10.2 Å². The summed E-state index contributed by atoms with van der Waals surface area (Å²) < 4.78 is 0. The minimum absolute atomic E-state index is 0.421. The van der Waals surface area contributed by atoms with Crippen molar-refractivity contribution in [2.45, 2.75) is 25.8 Å². The number of likely N-dealkylation sites (tertiary alicyclic amines) is 1. The highest BCUT2D eigenvalue weighted by Gasteiger charge is 2.34. The van der Waals surface area contributed by atoms with E-state index in [1.54, 1.807) is 0 Å². The number of rotatable bonds is 3. The molecule has 0 aromatic heterocycles. The Morgan fingerprint density at radius 1 is 1.50 bits per heavy atom. The van der Waals surface area contributed by atoms with Gasteiger partial charge in [-0.25, -0.2) is 0 Å². The Labute approximate surface area is 63.6 Å². The molecule has 60 valence electrons. The van der Waals surface area contributed by atoms with Crippen molar-refractivity contribution in [3.05, 3.63) is 0 Å². The number of hydrogen-bond acceptors (Lipinski definition) is 2. The standard InChI is InChI=1S/C8H18N2/c1-4-5-9-8(2)6-10(3)7-8/h9H,4-7H2,1-3H3. The second kappa shape index (κ2) is 2.89. The van der Waals surface area contributed by atoms with Crippen LogP contribution in [0.15, 0.2) is 0 Å². The van der Waals surface area contributed by atoms with Gasteiger partial charge in [0.2, 0.25) is 0 Å². The van der Waals surface area contributed by atoms with E-state index >= 15 is 0 Å². The van der Waals surface area contributed by atoms with E-state index in [0.717, 1.165) is 6.54 Å². The van der Waals surface area contributed by atoms with E-state index in [1.807, 2.05) is 0 Å². The fraction of sp³-hybridized carbons (Fsp3) is 1.00. The maximum Gasteiger partial charge on any atom is 0.0408 e. The lowest BCUT2D eigenvalue weighted by atomic mass is 9.93. The topological polar surface area (TPSA) is 15.3 Å². The van der Waals surface area contributed by atoms with Gasteiger partial charge in [-0.05, 0) is 26.9 Å². The van der Waals surface area contributed by atoms with Gasteiger partial charge in [0.15, 0.2) is 0 Å². The van der Waals surface area contributed by atoms with Crippen molar-refractivity contribution in [2.24, 2.45) is 0 Å². The maximum atomic E-state index is 3.53. The van der Waals surface area contributed by atoms with E-state index in [0.29, 0.717) is 5.54 Å². The van der Waals surface area contributed by atoms with Gasteiger partial charge in [-0.3, -0.25) is 0 Å². The van der Waals surface area contributed by atoms with Crippen molar-refractivity contribution in [2.75, 3.05) is 26.7 Å². The third-order valence-corrected chi connectivity index (χ3v) is 2.04.